The molecule has 11 nitrogen and oxygen atoms in total. The number of rotatable bonds is 5. The van der Waals surface area contributed by atoms with E-state index in [9.17, 15) is 19.7 Å². The highest BCUT2D eigenvalue weighted by Crippen LogP contribution is 2.20. The van der Waals surface area contributed by atoms with Crippen LogP contribution in [0.25, 0.3) is 0 Å². The monoisotopic (exact) mass is 362 g/mol. The summed E-state index contributed by atoms with van der Waals surface area (Å²) in [6.07, 6.45) is -0.130. The summed E-state index contributed by atoms with van der Waals surface area (Å²) in [5, 5.41) is 10.6. The maximum Gasteiger partial charge on any atom is 0.351 e. The number of hydrogen-bond donors (Lipinski definition) is 1. The van der Waals surface area contributed by atoms with E-state index >= 15 is 0 Å². The van der Waals surface area contributed by atoms with Gasteiger partial charge in [-0.2, -0.15) is 4.98 Å². The average Bonchev–Trinajstić information content (AvgIpc) is 3.08. The summed E-state index contributed by atoms with van der Waals surface area (Å²) in [6.45, 7) is -0.130. The quantitative estimate of drug-likeness (QED) is 0.455. The van der Waals surface area contributed by atoms with Crippen LogP contribution in [0.1, 0.15) is 16.6 Å². The molecule has 0 amide bonds. The number of hydrogen-bond acceptors (Lipinski definition) is 9. The smallest absolute Gasteiger partial charge is 0.351 e. The number of anilines is 1. The predicted molar refractivity (Wildman–Crippen MR) is 86.2 cm³/mol. The lowest BCUT2D eigenvalue weighted by Crippen LogP contribution is -2.29. The first-order valence-corrected chi connectivity index (χ1v) is 7.47. The van der Waals surface area contributed by atoms with Gasteiger partial charge in [0.2, 0.25) is 0 Å². The lowest BCUT2D eigenvalue weighted by atomic mass is 10.2. The van der Waals surface area contributed by atoms with Gasteiger partial charge in [0, 0.05) is 18.3 Å². The fourth-order valence-electron chi connectivity index (χ4n) is 2.27. The van der Waals surface area contributed by atoms with Gasteiger partial charge < -0.3 is 19.9 Å². The van der Waals surface area contributed by atoms with Gasteiger partial charge in [-0.25, -0.2) is 9.59 Å². The Hall–Kier alpha value is -3.31. The Morgan fingerprint density at radius 2 is 2.12 bits per heavy atom. The van der Waals surface area contributed by atoms with Gasteiger partial charge in [0.25, 0.3) is 5.69 Å². The Kier molecular flexibility index (Phi) is 4.91. The Morgan fingerprint density at radius 3 is 2.77 bits per heavy atom. The number of nitrogens with zero attached hydrogens (tertiary/aromatic N) is 3. The Bertz CT molecular complexity index is 880. The summed E-state index contributed by atoms with van der Waals surface area (Å²) in [5.41, 5.74) is 4.87. The van der Waals surface area contributed by atoms with E-state index in [-0.39, 0.29) is 30.3 Å². The van der Waals surface area contributed by atoms with Crippen molar-refractivity contribution in [2.75, 3.05) is 18.9 Å². The van der Waals surface area contributed by atoms with Crippen LogP contribution in [0.5, 0.6) is 0 Å². The highest BCUT2D eigenvalue weighted by Gasteiger charge is 2.29. The third-order valence-electron chi connectivity index (χ3n) is 3.56. The van der Waals surface area contributed by atoms with Crippen LogP contribution in [-0.4, -0.2) is 39.9 Å². The Balaban J connectivity index is 1.55. The summed E-state index contributed by atoms with van der Waals surface area (Å²) in [7, 11) is 0. The number of nitro benzene ring substituents is 1. The van der Waals surface area contributed by atoms with Gasteiger partial charge in [0.1, 0.15) is 12.4 Å². The zero-order valence-electron chi connectivity index (χ0n) is 13.3. The second-order valence-electron chi connectivity index (χ2n) is 5.30. The Labute approximate surface area is 146 Å². The maximum atomic E-state index is 11.9. The minimum Gasteiger partial charge on any atom is -0.457 e. The molecule has 2 heterocycles. The summed E-state index contributed by atoms with van der Waals surface area (Å²) < 4.78 is 17.1. The van der Waals surface area contributed by atoms with Crippen LogP contribution in [0.15, 0.2) is 41.3 Å². The molecule has 1 aliphatic heterocycles. The number of carbonyl (C=O) groups excluding carboxylic acids is 1. The SMILES string of the molecule is Nc1ccn([C@@H]2CO[C@H](COC(=O)c3ccc([N+](=O)[O-])cc3)O2)c(=O)n1. The largest absolute Gasteiger partial charge is 0.457 e. The van der Waals surface area contributed by atoms with E-state index in [1.54, 1.807) is 0 Å². The molecule has 26 heavy (non-hydrogen) atoms. The Morgan fingerprint density at radius 1 is 1.38 bits per heavy atom. The molecule has 0 spiro atoms. The molecule has 0 aliphatic carbocycles. The van der Waals surface area contributed by atoms with Gasteiger partial charge in [-0.05, 0) is 18.2 Å². The van der Waals surface area contributed by atoms with Crippen molar-refractivity contribution < 1.29 is 23.9 Å². The van der Waals surface area contributed by atoms with Gasteiger partial charge in [-0.3, -0.25) is 14.7 Å². The van der Waals surface area contributed by atoms with Gasteiger partial charge in [-0.1, -0.05) is 0 Å². The molecule has 1 aliphatic rings. The first-order chi connectivity index (χ1) is 12.4. The molecule has 2 aromatic rings. The third-order valence-corrected chi connectivity index (χ3v) is 3.56. The first-order valence-electron chi connectivity index (χ1n) is 7.47. The number of aromatic nitrogens is 2. The number of non-ortho nitro benzene ring substituents is 1. The van der Waals surface area contributed by atoms with Gasteiger partial charge in [-0.15, -0.1) is 0 Å². The zero-order valence-corrected chi connectivity index (χ0v) is 13.3. The number of nitrogen functional groups attached to an aromatic ring is 1. The van der Waals surface area contributed by atoms with Crippen molar-refractivity contribution >= 4 is 17.5 Å². The summed E-state index contributed by atoms with van der Waals surface area (Å²) >= 11 is 0. The molecule has 1 fully saturated rings. The molecule has 0 bridgehead atoms. The number of benzene rings is 1. The van der Waals surface area contributed by atoms with Crippen molar-refractivity contribution in [1.82, 2.24) is 9.55 Å². The van der Waals surface area contributed by atoms with Crippen molar-refractivity contribution in [3.63, 3.8) is 0 Å². The van der Waals surface area contributed by atoms with E-state index in [0.29, 0.717) is 0 Å². The fraction of sp³-hybridized carbons (Fsp3) is 0.267. The molecular weight excluding hydrogens is 348 g/mol. The average molecular weight is 362 g/mol. The number of nitro groups is 1. The van der Waals surface area contributed by atoms with Crippen LogP contribution in [0.4, 0.5) is 11.5 Å². The lowest BCUT2D eigenvalue weighted by molar-refractivity contribution is -0.384. The van der Waals surface area contributed by atoms with E-state index in [4.69, 9.17) is 19.9 Å². The molecule has 0 unspecified atom stereocenters. The number of esters is 1. The van der Waals surface area contributed by atoms with Crippen LogP contribution in [0, 0.1) is 10.1 Å². The first kappa shape index (κ1) is 17.5. The molecule has 1 aromatic heterocycles. The molecule has 0 radical (unpaired) electrons. The third kappa shape index (κ3) is 3.84. The second-order valence-corrected chi connectivity index (χ2v) is 5.30. The predicted octanol–water partition coefficient (Wildman–Crippen LogP) is 0.462. The van der Waals surface area contributed by atoms with Crippen molar-refractivity contribution in [3.05, 3.63) is 62.7 Å². The summed E-state index contributed by atoms with van der Waals surface area (Å²) in [6, 6.07) is 6.44. The van der Waals surface area contributed by atoms with Gasteiger partial charge in [0.05, 0.1) is 17.1 Å². The van der Waals surface area contributed by atoms with Crippen LogP contribution in [-0.2, 0) is 14.2 Å². The van der Waals surface area contributed by atoms with E-state index in [0.717, 1.165) is 0 Å². The highest BCUT2D eigenvalue weighted by molar-refractivity contribution is 5.89. The van der Waals surface area contributed by atoms with Crippen molar-refractivity contribution in [2.24, 2.45) is 0 Å². The molecule has 11 heteroatoms. The molecular formula is C15H14N4O7. The molecule has 2 atom stereocenters. The normalized spacial score (nSPS) is 19.2. The highest BCUT2D eigenvalue weighted by atomic mass is 16.7. The minimum absolute atomic E-state index is 0.0747. The van der Waals surface area contributed by atoms with Gasteiger partial charge >= 0.3 is 11.7 Å². The van der Waals surface area contributed by atoms with E-state index in [1.165, 1.54) is 41.1 Å². The maximum absolute atomic E-state index is 11.9. The molecule has 136 valence electrons. The van der Waals surface area contributed by atoms with Crippen LogP contribution < -0.4 is 11.4 Å². The van der Waals surface area contributed by atoms with Crippen molar-refractivity contribution in [3.8, 4) is 0 Å². The zero-order chi connectivity index (χ0) is 18.7. The standard InChI is InChI=1S/C15H14N4O7/c16-11-5-6-18(15(21)17-11)12-7-24-13(26-12)8-25-14(20)9-1-3-10(4-2-9)19(22)23/h1-6,12-13H,7-8H2,(H2,16,17,21)/t12-,13-/m0/s1. The summed E-state index contributed by atoms with van der Waals surface area (Å²) in [5.74, 6) is -0.583. The molecule has 1 saturated heterocycles. The molecule has 3 rings (SSSR count). The molecule has 2 N–H and O–H groups in total. The van der Waals surface area contributed by atoms with Crippen LogP contribution in [0.3, 0.4) is 0 Å². The fourth-order valence-corrected chi connectivity index (χ4v) is 2.27. The van der Waals surface area contributed by atoms with Gasteiger partial charge in [0.15, 0.2) is 12.5 Å². The molecule has 0 saturated carbocycles. The number of carbonyl (C=O) groups is 1. The second kappa shape index (κ2) is 7.29. The van der Waals surface area contributed by atoms with E-state index in [1.807, 2.05) is 0 Å². The van der Waals surface area contributed by atoms with Crippen molar-refractivity contribution in [1.29, 1.82) is 0 Å². The van der Waals surface area contributed by atoms with E-state index in [2.05, 4.69) is 4.98 Å². The number of nitrogens with two attached hydrogens (primary N) is 1. The lowest BCUT2D eigenvalue weighted by Gasteiger charge is -2.13. The topological polar surface area (TPSA) is 149 Å². The van der Waals surface area contributed by atoms with Crippen molar-refractivity contribution in [2.45, 2.75) is 12.5 Å². The summed E-state index contributed by atoms with van der Waals surface area (Å²) in [4.78, 5) is 37.3. The number of ether oxygens (including phenoxy) is 3. The van der Waals surface area contributed by atoms with Crippen LogP contribution in [0.2, 0.25) is 0 Å². The van der Waals surface area contributed by atoms with E-state index < -0.39 is 29.1 Å². The minimum atomic E-state index is -0.855. The molecule has 1 aromatic carbocycles. The van der Waals surface area contributed by atoms with Crippen LogP contribution >= 0.6 is 0 Å².